The third kappa shape index (κ3) is 3.47. The Bertz CT molecular complexity index is 895. The highest BCUT2D eigenvalue weighted by atomic mass is 16.2. The van der Waals surface area contributed by atoms with Gasteiger partial charge in [-0.15, -0.1) is 0 Å². The van der Waals surface area contributed by atoms with Crippen LogP contribution in [0.3, 0.4) is 0 Å². The zero-order valence-electron chi connectivity index (χ0n) is 15.1. The number of hydrogen-bond acceptors (Lipinski definition) is 3. The second kappa shape index (κ2) is 7.28. The number of nitrogens with zero attached hydrogens (tertiary/aromatic N) is 4. The van der Waals surface area contributed by atoms with Crippen LogP contribution in [-0.2, 0) is 17.8 Å². The third-order valence-electron chi connectivity index (χ3n) is 5.38. The SMILES string of the molecule is Cc1nc2ccccc2n1CC(=O)N1CCC(Cc2ccncc2)CC1. The number of benzene rings is 1. The van der Waals surface area contributed by atoms with E-state index in [4.69, 9.17) is 0 Å². The van der Waals surface area contributed by atoms with E-state index in [0.717, 1.165) is 49.2 Å². The van der Waals surface area contributed by atoms with E-state index in [-0.39, 0.29) is 5.91 Å². The predicted octanol–water partition coefficient (Wildman–Crippen LogP) is 3.22. The number of likely N-dealkylation sites (tertiary alicyclic amines) is 1. The highest BCUT2D eigenvalue weighted by molar-refractivity contribution is 5.81. The van der Waals surface area contributed by atoms with Gasteiger partial charge in [-0.05, 0) is 61.9 Å². The Morgan fingerprint density at radius 3 is 2.62 bits per heavy atom. The molecule has 0 atom stereocenters. The fourth-order valence-corrected chi connectivity index (χ4v) is 3.87. The number of aromatic nitrogens is 3. The number of para-hydroxylation sites is 2. The summed E-state index contributed by atoms with van der Waals surface area (Å²) in [7, 11) is 0. The van der Waals surface area contributed by atoms with Gasteiger partial charge in [0.25, 0.3) is 0 Å². The molecule has 1 amide bonds. The van der Waals surface area contributed by atoms with Gasteiger partial charge in [0.1, 0.15) is 12.4 Å². The van der Waals surface area contributed by atoms with Crippen molar-refractivity contribution in [2.24, 2.45) is 5.92 Å². The Kier molecular flexibility index (Phi) is 4.69. The van der Waals surface area contributed by atoms with Crippen LogP contribution in [0.5, 0.6) is 0 Å². The molecule has 134 valence electrons. The number of hydrogen-bond donors (Lipinski definition) is 0. The van der Waals surface area contributed by atoms with Crippen molar-refractivity contribution in [2.45, 2.75) is 32.7 Å². The number of pyridine rings is 1. The Balaban J connectivity index is 1.37. The summed E-state index contributed by atoms with van der Waals surface area (Å²) in [6, 6.07) is 12.2. The molecule has 0 unspecified atom stereocenters. The molecular formula is C21H24N4O. The lowest BCUT2D eigenvalue weighted by Crippen LogP contribution is -2.40. The van der Waals surface area contributed by atoms with Gasteiger partial charge in [0.15, 0.2) is 0 Å². The van der Waals surface area contributed by atoms with Crippen LogP contribution in [0.4, 0.5) is 0 Å². The average Bonchev–Trinajstić information content (AvgIpc) is 2.98. The van der Waals surface area contributed by atoms with Crippen molar-refractivity contribution in [2.75, 3.05) is 13.1 Å². The minimum Gasteiger partial charge on any atom is -0.341 e. The smallest absolute Gasteiger partial charge is 0.242 e. The fourth-order valence-electron chi connectivity index (χ4n) is 3.87. The molecule has 0 aliphatic carbocycles. The predicted molar refractivity (Wildman–Crippen MR) is 102 cm³/mol. The van der Waals surface area contributed by atoms with Gasteiger partial charge in [-0.1, -0.05) is 12.1 Å². The molecule has 3 heterocycles. The van der Waals surface area contributed by atoms with Gasteiger partial charge in [-0.2, -0.15) is 0 Å². The number of carbonyl (C=O) groups is 1. The molecule has 1 aliphatic heterocycles. The first-order chi connectivity index (χ1) is 12.7. The second-order valence-corrected chi connectivity index (χ2v) is 7.12. The lowest BCUT2D eigenvalue weighted by atomic mass is 9.90. The van der Waals surface area contributed by atoms with E-state index < -0.39 is 0 Å². The van der Waals surface area contributed by atoms with Crippen molar-refractivity contribution in [3.63, 3.8) is 0 Å². The van der Waals surface area contributed by atoms with Crippen LogP contribution >= 0.6 is 0 Å². The average molecular weight is 348 g/mol. The van der Waals surface area contributed by atoms with Crippen LogP contribution in [0, 0.1) is 12.8 Å². The summed E-state index contributed by atoms with van der Waals surface area (Å²) in [5.74, 6) is 1.74. The number of fused-ring (bicyclic) bond motifs is 1. The maximum atomic E-state index is 12.8. The lowest BCUT2D eigenvalue weighted by Gasteiger charge is -2.32. The molecule has 1 saturated heterocycles. The van der Waals surface area contributed by atoms with Crippen LogP contribution in [0.15, 0.2) is 48.8 Å². The Morgan fingerprint density at radius 2 is 1.85 bits per heavy atom. The van der Waals surface area contributed by atoms with E-state index in [1.54, 1.807) is 0 Å². The van der Waals surface area contributed by atoms with Gasteiger partial charge in [-0.25, -0.2) is 4.98 Å². The van der Waals surface area contributed by atoms with Crippen molar-refractivity contribution in [3.8, 4) is 0 Å². The van der Waals surface area contributed by atoms with Crippen LogP contribution in [0.1, 0.15) is 24.2 Å². The van der Waals surface area contributed by atoms with E-state index in [9.17, 15) is 4.79 Å². The van der Waals surface area contributed by atoms with E-state index in [1.165, 1.54) is 5.56 Å². The van der Waals surface area contributed by atoms with E-state index >= 15 is 0 Å². The Hall–Kier alpha value is -2.69. The first kappa shape index (κ1) is 16.8. The first-order valence-corrected chi connectivity index (χ1v) is 9.29. The molecule has 1 aliphatic rings. The van der Waals surface area contributed by atoms with Gasteiger partial charge < -0.3 is 9.47 Å². The quantitative estimate of drug-likeness (QED) is 0.727. The van der Waals surface area contributed by atoms with E-state index in [2.05, 4.69) is 22.1 Å². The Labute approximate surface area is 153 Å². The standard InChI is InChI=1S/C21H24N4O/c1-16-23-19-4-2-3-5-20(19)25(16)15-21(26)24-12-8-18(9-13-24)14-17-6-10-22-11-7-17/h2-7,10-11,18H,8-9,12-15H2,1H3. The Morgan fingerprint density at radius 1 is 1.12 bits per heavy atom. The molecule has 1 aromatic carbocycles. The summed E-state index contributed by atoms with van der Waals surface area (Å²) >= 11 is 0. The van der Waals surface area contributed by atoms with Crippen LogP contribution in [-0.4, -0.2) is 38.4 Å². The number of rotatable bonds is 4. The molecule has 0 saturated carbocycles. The maximum Gasteiger partial charge on any atom is 0.242 e. The molecular weight excluding hydrogens is 324 g/mol. The summed E-state index contributed by atoms with van der Waals surface area (Å²) in [4.78, 5) is 23.4. The van der Waals surface area contributed by atoms with E-state index in [0.29, 0.717) is 12.5 Å². The summed E-state index contributed by atoms with van der Waals surface area (Å²) in [5.41, 5.74) is 3.32. The molecule has 0 spiro atoms. The summed E-state index contributed by atoms with van der Waals surface area (Å²) in [6.45, 7) is 4.04. The zero-order chi connectivity index (χ0) is 17.9. The van der Waals surface area contributed by atoms with Gasteiger partial charge in [-0.3, -0.25) is 9.78 Å². The molecule has 3 aromatic rings. The zero-order valence-corrected chi connectivity index (χ0v) is 15.1. The number of carbonyl (C=O) groups excluding carboxylic acids is 1. The van der Waals surface area contributed by atoms with Gasteiger partial charge in [0.05, 0.1) is 11.0 Å². The molecule has 2 aromatic heterocycles. The van der Waals surface area contributed by atoms with Gasteiger partial charge in [0, 0.05) is 25.5 Å². The molecule has 0 radical (unpaired) electrons. The van der Waals surface area contributed by atoms with Crippen molar-refractivity contribution in [1.29, 1.82) is 0 Å². The molecule has 26 heavy (non-hydrogen) atoms. The van der Waals surface area contributed by atoms with Crippen molar-refractivity contribution in [1.82, 2.24) is 19.4 Å². The van der Waals surface area contributed by atoms with Crippen molar-refractivity contribution >= 4 is 16.9 Å². The maximum absolute atomic E-state index is 12.8. The first-order valence-electron chi connectivity index (χ1n) is 9.29. The summed E-state index contributed by atoms with van der Waals surface area (Å²) < 4.78 is 2.03. The third-order valence-corrected chi connectivity index (χ3v) is 5.38. The topological polar surface area (TPSA) is 51.0 Å². The van der Waals surface area contributed by atoms with Crippen molar-refractivity contribution in [3.05, 3.63) is 60.2 Å². The lowest BCUT2D eigenvalue weighted by molar-refractivity contribution is -0.133. The molecule has 4 rings (SSSR count). The van der Waals surface area contributed by atoms with Crippen LogP contribution in [0.2, 0.25) is 0 Å². The minimum absolute atomic E-state index is 0.193. The van der Waals surface area contributed by atoms with Crippen LogP contribution in [0.25, 0.3) is 11.0 Å². The largest absolute Gasteiger partial charge is 0.341 e. The monoisotopic (exact) mass is 348 g/mol. The second-order valence-electron chi connectivity index (χ2n) is 7.12. The number of imidazole rings is 1. The van der Waals surface area contributed by atoms with Gasteiger partial charge in [0.2, 0.25) is 5.91 Å². The number of aryl methyl sites for hydroxylation is 1. The molecule has 5 nitrogen and oxygen atoms in total. The molecule has 0 bridgehead atoms. The summed E-state index contributed by atoms with van der Waals surface area (Å²) in [6.07, 6.45) is 6.92. The number of amides is 1. The molecule has 1 fully saturated rings. The van der Waals surface area contributed by atoms with Crippen LogP contribution < -0.4 is 0 Å². The normalized spacial score (nSPS) is 15.5. The minimum atomic E-state index is 0.193. The highest BCUT2D eigenvalue weighted by Crippen LogP contribution is 2.22. The fraction of sp³-hybridized carbons (Fsp3) is 0.381. The summed E-state index contributed by atoms with van der Waals surface area (Å²) in [5, 5.41) is 0. The number of piperidine rings is 1. The van der Waals surface area contributed by atoms with E-state index in [1.807, 2.05) is 53.0 Å². The molecule has 0 N–H and O–H groups in total. The highest BCUT2D eigenvalue weighted by Gasteiger charge is 2.23. The van der Waals surface area contributed by atoms with Gasteiger partial charge >= 0.3 is 0 Å². The molecule has 5 heteroatoms. The van der Waals surface area contributed by atoms with Crippen molar-refractivity contribution < 1.29 is 4.79 Å².